The molecule has 1 atom stereocenters. The van der Waals surface area contributed by atoms with Gasteiger partial charge in [0, 0.05) is 0 Å². The number of hydrogen-bond donors (Lipinski definition) is 2. The molecule has 11 heavy (non-hydrogen) atoms. The van der Waals surface area contributed by atoms with E-state index < -0.39 is 0 Å². The summed E-state index contributed by atoms with van der Waals surface area (Å²) in [4.78, 5) is 16.0. The monoisotopic (exact) mass is 152 g/mol. The summed E-state index contributed by atoms with van der Waals surface area (Å²) in [6.07, 6.45) is 3.64. The van der Waals surface area contributed by atoms with E-state index in [0.29, 0.717) is 6.54 Å². The lowest BCUT2D eigenvalue weighted by Gasteiger charge is -2.11. The Labute approximate surface area is 64.6 Å². The molecule has 0 aliphatic carbocycles. The second kappa shape index (κ2) is 2.08. The van der Waals surface area contributed by atoms with Crippen molar-refractivity contribution in [3.05, 3.63) is 12.0 Å². The van der Waals surface area contributed by atoms with Crippen molar-refractivity contribution in [2.45, 2.75) is 13.0 Å². The summed E-state index contributed by atoms with van der Waals surface area (Å²) in [5.41, 5.74) is 0. The molecule has 4 heteroatoms. The third-order valence-corrected chi connectivity index (χ3v) is 1.90. The predicted molar refractivity (Wildman–Crippen MR) is 39.4 cm³/mol. The Morgan fingerprint density at radius 2 is 2.64 bits per heavy atom. The highest BCUT2D eigenvalue weighted by atomic mass is 16.2. The Hall–Kier alpha value is -1.32. The zero-order valence-electron chi connectivity index (χ0n) is 6.29. The second-order valence-electron chi connectivity index (χ2n) is 2.72. The molecule has 1 saturated heterocycles. The van der Waals surface area contributed by atoms with Crippen LogP contribution < -0.4 is 10.3 Å². The Morgan fingerprint density at radius 3 is 3.36 bits per heavy atom. The molecule has 1 fully saturated rings. The van der Waals surface area contributed by atoms with Gasteiger partial charge in [-0.1, -0.05) is 0 Å². The summed E-state index contributed by atoms with van der Waals surface area (Å²) in [5.74, 6) is 1.03. The zero-order chi connectivity index (χ0) is 7.84. The van der Waals surface area contributed by atoms with Gasteiger partial charge in [0.1, 0.15) is 12.6 Å². The minimum absolute atomic E-state index is 0.0745. The van der Waals surface area contributed by atoms with Crippen molar-refractivity contribution in [1.29, 1.82) is 0 Å². The Morgan fingerprint density at radius 1 is 1.82 bits per heavy atom. The molecule has 0 saturated carbocycles. The van der Waals surface area contributed by atoms with Crippen LogP contribution in [-0.2, 0) is 4.79 Å². The highest BCUT2D eigenvalue weighted by molar-refractivity contribution is 5.88. The van der Waals surface area contributed by atoms with Crippen LogP contribution in [0.15, 0.2) is 12.0 Å². The van der Waals surface area contributed by atoms with Crippen LogP contribution in [0.2, 0.25) is 0 Å². The largest absolute Gasteiger partial charge is 0.355 e. The molecule has 2 rings (SSSR count). The molecule has 0 aromatic heterocycles. The number of amides is 1. The number of carbonyl (C=O) groups is 1. The van der Waals surface area contributed by atoms with Crippen molar-refractivity contribution < 1.29 is 9.79 Å². The van der Waals surface area contributed by atoms with Crippen LogP contribution in [0.5, 0.6) is 0 Å². The quantitative estimate of drug-likeness (QED) is 0.412. The fraction of sp³-hybridized carbons (Fsp3) is 0.429. The first-order chi connectivity index (χ1) is 5.29. The van der Waals surface area contributed by atoms with Gasteiger partial charge in [-0.25, -0.2) is 4.99 Å². The number of carbonyl (C=O) groups excluding carboxylic acids is 1. The highest BCUT2D eigenvalue weighted by Crippen LogP contribution is 2.11. The van der Waals surface area contributed by atoms with Gasteiger partial charge in [-0.15, -0.1) is 0 Å². The van der Waals surface area contributed by atoms with Gasteiger partial charge < -0.3 is 5.32 Å². The van der Waals surface area contributed by atoms with E-state index in [-0.39, 0.29) is 11.9 Å². The SMILES string of the molecule is CC1NC2=C[NH+]=CCN2C1=O. The Kier molecular flexibility index (Phi) is 1.21. The molecule has 0 aromatic carbocycles. The molecular weight excluding hydrogens is 142 g/mol. The number of nitrogens with zero attached hydrogens (tertiary/aromatic N) is 1. The van der Waals surface area contributed by atoms with Crippen molar-refractivity contribution in [1.82, 2.24) is 10.2 Å². The highest BCUT2D eigenvalue weighted by Gasteiger charge is 2.34. The summed E-state index contributed by atoms with van der Waals surface area (Å²) in [6.45, 7) is 2.52. The van der Waals surface area contributed by atoms with Gasteiger partial charge in [0.15, 0.2) is 12.0 Å². The second-order valence-corrected chi connectivity index (χ2v) is 2.72. The van der Waals surface area contributed by atoms with E-state index in [9.17, 15) is 4.79 Å². The van der Waals surface area contributed by atoms with E-state index in [2.05, 4.69) is 10.3 Å². The van der Waals surface area contributed by atoms with E-state index >= 15 is 0 Å². The van der Waals surface area contributed by atoms with Gasteiger partial charge in [-0.05, 0) is 6.92 Å². The molecule has 2 aliphatic rings. The van der Waals surface area contributed by atoms with Crippen molar-refractivity contribution in [3.8, 4) is 0 Å². The summed E-state index contributed by atoms with van der Waals surface area (Å²) >= 11 is 0. The molecule has 2 N–H and O–H groups in total. The molecule has 1 amide bonds. The summed E-state index contributed by atoms with van der Waals surface area (Å²) in [5, 5.41) is 3.06. The van der Waals surface area contributed by atoms with Crippen molar-refractivity contribution in [3.63, 3.8) is 0 Å². The van der Waals surface area contributed by atoms with Gasteiger partial charge in [0.25, 0.3) is 5.91 Å². The van der Waals surface area contributed by atoms with Crippen LogP contribution in [0.25, 0.3) is 0 Å². The standard InChI is InChI=1S/C7H9N3O/c1-5-7(11)10-3-2-8-4-6(10)9-5/h2,4-5,9H,3H2,1H3/p+1. The molecular formula is C7H10N3O+. The lowest BCUT2D eigenvalue weighted by atomic mass is 10.3. The van der Waals surface area contributed by atoms with Crippen molar-refractivity contribution in [2.24, 2.45) is 0 Å². The Bertz CT molecular complexity index is 256. The van der Waals surface area contributed by atoms with Crippen molar-refractivity contribution >= 4 is 12.1 Å². The normalized spacial score (nSPS) is 28.1. The number of nitrogens with one attached hydrogen (secondary N) is 2. The summed E-state index contributed by atoms with van der Waals surface area (Å²) < 4.78 is 0. The maximum absolute atomic E-state index is 11.3. The molecule has 2 heterocycles. The van der Waals surface area contributed by atoms with Gasteiger partial charge in [-0.2, -0.15) is 0 Å². The van der Waals surface area contributed by atoms with E-state index in [1.165, 1.54) is 0 Å². The van der Waals surface area contributed by atoms with Crippen molar-refractivity contribution in [2.75, 3.05) is 6.54 Å². The first kappa shape index (κ1) is 6.39. The lowest BCUT2D eigenvalue weighted by Crippen LogP contribution is -2.66. The number of hydrogen-bond acceptors (Lipinski definition) is 2. The van der Waals surface area contributed by atoms with Gasteiger partial charge in [-0.3, -0.25) is 9.69 Å². The molecule has 0 bridgehead atoms. The number of rotatable bonds is 0. The molecule has 0 spiro atoms. The molecule has 4 nitrogen and oxygen atoms in total. The maximum Gasteiger partial charge on any atom is 0.251 e. The molecule has 0 aromatic rings. The zero-order valence-corrected chi connectivity index (χ0v) is 6.29. The minimum Gasteiger partial charge on any atom is -0.355 e. The van der Waals surface area contributed by atoms with E-state index in [1.54, 1.807) is 11.1 Å². The minimum atomic E-state index is -0.0745. The average molecular weight is 152 g/mol. The van der Waals surface area contributed by atoms with Crippen LogP contribution in [0.1, 0.15) is 6.92 Å². The summed E-state index contributed by atoms with van der Waals surface area (Å²) in [7, 11) is 0. The van der Waals surface area contributed by atoms with Crippen LogP contribution in [-0.4, -0.2) is 29.6 Å². The first-order valence-electron chi connectivity index (χ1n) is 3.65. The third kappa shape index (κ3) is 0.824. The first-order valence-corrected chi connectivity index (χ1v) is 3.65. The summed E-state index contributed by atoms with van der Waals surface area (Å²) in [6, 6.07) is -0.0745. The van der Waals surface area contributed by atoms with Crippen LogP contribution in [0.4, 0.5) is 0 Å². The fourth-order valence-electron chi connectivity index (χ4n) is 1.30. The van der Waals surface area contributed by atoms with Gasteiger partial charge in [0.2, 0.25) is 6.20 Å². The van der Waals surface area contributed by atoms with E-state index in [1.807, 2.05) is 13.1 Å². The predicted octanol–water partition coefficient (Wildman–Crippen LogP) is -2.23. The van der Waals surface area contributed by atoms with Gasteiger partial charge >= 0.3 is 0 Å². The molecule has 2 aliphatic heterocycles. The van der Waals surface area contributed by atoms with E-state index in [4.69, 9.17) is 0 Å². The fourth-order valence-corrected chi connectivity index (χ4v) is 1.30. The third-order valence-electron chi connectivity index (χ3n) is 1.90. The number of fused-ring (bicyclic) bond motifs is 1. The Balaban J connectivity index is 2.30. The molecule has 58 valence electrons. The van der Waals surface area contributed by atoms with E-state index in [0.717, 1.165) is 5.82 Å². The molecule has 0 radical (unpaired) electrons. The maximum atomic E-state index is 11.3. The smallest absolute Gasteiger partial charge is 0.251 e. The van der Waals surface area contributed by atoms with Crippen LogP contribution >= 0.6 is 0 Å². The lowest BCUT2D eigenvalue weighted by molar-refractivity contribution is -0.373. The van der Waals surface area contributed by atoms with Crippen LogP contribution in [0.3, 0.4) is 0 Å². The van der Waals surface area contributed by atoms with Crippen LogP contribution in [0, 0.1) is 0 Å². The van der Waals surface area contributed by atoms with Gasteiger partial charge in [0.05, 0.1) is 0 Å². The topological polar surface area (TPSA) is 46.3 Å². The molecule has 1 unspecified atom stereocenters. The average Bonchev–Trinajstić information content (AvgIpc) is 2.30.